The molecule has 0 aliphatic heterocycles. The molecule has 0 bridgehead atoms. The van der Waals surface area contributed by atoms with E-state index in [9.17, 15) is 18.0 Å². The van der Waals surface area contributed by atoms with Crippen LogP contribution in [0.5, 0.6) is 0 Å². The minimum atomic E-state index is -4.06. The van der Waals surface area contributed by atoms with E-state index in [2.05, 4.69) is 0 Å². The van der Waals surface area contributed by atoms with Gasteiger partial charge in [0.15, 0.2) is 5.78 Å². The summed E-state index contributed by atoms with van der Waals surface area (Å²) in [5, 5.41) is 0. The zero-order valence-electron chi connectivity index (χ0n) is 16.7. The van der Waals surface area contributed by atoms with Gasteiger partial charge in [0.1, 0.15) is 0 Å². The van der Waals surface area contributed by atoms with Crippen LogP contribution in [0.15, 0.2) is 59.6 Å². The Morgan fingerprint density at radius 3 is 2.53 bits per heavy atom. The minimum Gasteiger partial charge on any atom is -0.465 e. The molecule has 0 radical (unpaired) electrons. The fourth-order valence-electron chi connectivity index (χ4n) is 3.94. The number of ketones is 1. The summed E-state index contributed by atoms with van der Waals surface area (Å²) in [6.07, 6.45) is 3.47. The number of methoxy groups -OCH3 is 1. The quantitative estimate of drug-likeness (QED) is 0.470. The lowest BCUT2D eigenvalue weighted by atomic mass is 10.0. The molecule has 7 heteroatoms. The van der Waals surface area contributed by atoms with Gasteiger partial charge < -0.3 is 4.74 Å². The molecule has 1 aliphatic rings. The van der Waals surface area contributed by atoms with Crippen molar-refractivity contribution in [1.29, 1.82) is 0 Å². The van der Waals surface area contributed by atoms with Crippen molar-refractivity contribution in [3.05, 3.63) is 77.0 Å². The Hall–Kier alpha value is -3.19. The molecule has 1 heterocycles. The zero-order valence-corrected chi connectivity index (χ0v) is 17.5. The van der Waals surface area contributed by atoms with Crippen LogP contribution in [-0.2, 0) is 27.6 Å². The van der Waals surface area contributed by atoms with E-state index >= 15 is 0 Å². The first-order valence-electron chi connectivity index (χ1n) is 9.62. The number of ether oxygens (including phenoxy) is 1. The van der Waals surface area contributed by atoms with Gasteiger partial charge in [-0.3, -0.25) is 4.79 Å². The predicted molar refractivity (Wildman–Crippen MR) is 112 cm³/mol. The number of carbonyl (C=O) groups is 2. The molecule has 1 aliphatic carbocycles. The number of esters is 1. The number of hydrogen-bond acceptors (Lipinski definition) is 5. The van der Waals surface area contributed by atoms with Crippen LogP contribution in [0.3, 0.4) is 0 Å². The predicted octanol–water partition coefficient (Wildman–Crippen LogP) is 3.87. The van der Waals surface area contributed by atoms with Crippen molar-refractivity contribution < 1.29 is 22.7 Å². The maximum Gasteiger partial charge on any atom is 0.339 e. The van der Waals surface area contributed by atoms with Crippen molar-refractivity contribution in [2.24, 2.45) is 0 Å². The van der Waals surface area contributed by atoms with Crippen LogP contribution in [0, 0.1) is 0 Å². The van der Waals surface area contributed by atoms with Crippen molar-refractivity contribution in [2.45, 2.75) is 31.1 Å². The summed E-state index contributed by atoms with van der Waals surface area (Å²) >= 11 is 0. The Labute approximate surface area is 175 Å². The normalized spacial score (nSPS) is 13.1. The van der Waals surface area contributed by atoms with E-state index in [4.69, 9.17) is 4.74 Å². The summed E-state index contributed by atoms with van der Waals surface area (Å²) < 4.78 is 33.3. The minimum absolute atomic E-state index is 0.00820. The van der Waals surface area contributed by atoms with E-state index in [0.29, 0.717) is 23.2 Å². The van der Waals surface area contributed by atoms with Crippen LogP contribution in [0.25, 0.3) is 11.3 Å². The van der Waals surface area contributed by atoms with Gasteiger partial charge in [0.2, 0.25) is 0 Å². The number of rotatable bonds is 4. The molecule has 6 nitrogen and oxygen atoms in total. The fourth-order valence-corrected chi connectivity index (χ4v) is 5.39. The standard InChI is InChI=1S/C23H21NO5S/c1-15(25)17-9-5-10-18(13-17)30(27,28)24-14-21(23(26)29-2)20-12-6-8-16-7-3-4-11-19(16)22(20)24/h3-5,7,9-11,13-14H,6,8,12H2,1-2H3. The molecule has 4 rings (SSSR count). The zero-order chi connectivity index (χ0) is 21.5. The second kappa shape index (κ2) is 7.57. The molecule has 0 fully saturated rings. The van der Waals surface area contributed by atoms with E-state index in [1.54, 1.807) is 12.1 Å². The van der Waals surface area contributed by atoms with Crippen molar-refractivity contribution in [1.82, 2.24) is 3.97 Å². The smallest absolute Gasteiger partial charge is 0.339 e. The molecule has 30 heavy (non-hydrogen) atoms. The van der Waals surface area contributed by atoms with Crippen LogP contribution >= 0.6 is 0 Å². The highest BCUT2D eigenvalue weighted by atomic mass is 32.2. The summed E-state index contributed by atoms with van der Waals surface area (Å²) in [5.41, 5.74) is 3.51. The third-order valence-corrected chi connectivity index (χ3v) is 7.08. The summed E-state index contributed by atoms with van der Waals surface area (Å²) in [4.78, 5) is 24.2. The van der Waals surface area contributed by atoms with Gasteiger partial charge in [0.05, 0.1) is 23.3 Å². The maximum absolute atomic E-state index is 13.6. The number of aromatic nitrogens is 1. The van der Waals surface area contributed by atoms with Crippen molar-refractivity contribution in [2.75, 3.05) is 7.11 Å². The Balaban J connectivity index is 2.02. The van der Waals surface area contributed by atoms with Crippen molar-refractivity contribution >= 4 is 21.8 Å². The number of Topliss-reactive ketones (excluding diaryl/α,β-unsaturated/α-hetero) is 1. The van der Waals surface area contributed by atoms with Crippen molar-refractivity contribution in [3.63, 3.8) is 0 Å². The molecular weight excluding hydrogens is 402 g/mol. The monoisotopic (exact) mass is 423 g/mol. The summed E-state index contributed by atoms with van der Waals surface area (Å²) in [6, 6.07) is 13.6. The molecule has 1 aromatic heterocycles. The van der Waals surface area contributed by atoms with Gasteiger partial charge >= 0.3 is 5.97 Å². The largest absolute Gasteiger partial charge is 0.465 e. The lowest BCUT2D eigenvalue weighted by Crippen LogP contribution is -2.14. The van der Waals surface area contributed by atoms with Crippen LogP contribution in [0.2, 0.25) is 0 Å². The second-order valence-electron chi connectivity index (χ2n) is 7.26. The molecule has 0 atom stereocenters. The van der Waals surface area contributed by atoms with Crippen LogP contribution < -0.4 is 0 Å². The number of aryl methyl sites for hydroxylation is 1. The van der Waals surface area contributed by atoms with E-state index in [1.807, 2.05) is 24.3 Å². The SMILES string of the molecule is COC(=O)c1cn(S(=O)(=O)c2cccc(C(C)=O)c2)c2c1CCCc1ccccc1-2. The van der Waals surface area contributed by atoms with Gasteiger partial charge in [0.25, 0.3) is 10.0 Å². The Kier molecular flexibility index (Phi) is 5.07. The van der Waals surface area contributed by atoms with Crippen LogP contribution in [0.1, 0.15) is 45.2 Å². The van der Waals surface area contributed by atoms with Gasteiger partial charge in [-0.15, -0.1) is 0 Å². The third-order valence-electron chi connectivity index (χ3n) is 5.43. The Morgan fingerprint density at radius 2 is 1.80 bits per heavy atom. The molecule has 0 amide bonds. The highest BCUT2D eigenvalue weighted by molar-refractivity contribution is 7.90. The van der Waals surface area contributed by atoms with E-state index in [-0.39, 0.29) is 16.2 Å². The average Bonchev–Trinajstić information content (AvgIpc) is 3.03. The molecule has 0 unspecified atom stereocenters. The number of hydrogen-bond donors (Lipinski definition) is 0. The van der Waals surface area contributed by atoms with Gasteiger partial charge in [-0.1, -0.05) is 36.4 Å². The summed E-state index contributed by atoms with van der Waals surface area (Å²) in [7, 11) is -2.78. The van der Waals surface area contributed by atoms with E-state index in [0.717, 1.165) is 27.9 Å². The number of carbonyl (C=O) groups excluding carboxylic acids is 2. The Morgan fingerprint density at radius 1 is 1.03 bits per heavy atom. The topological polar surface area (TPSA) is 82.4 Å². The van der Waals surface area contributed by atoms with Gasteiger partial charge in [-0.05, 0) is 49.4 Å². The average molecular weight is 423 g/mol. The number of nitrogens with zero attached hydrogens (tertiary/aromatic N) is 1. The molecule has 0 saturated carbocycles. The first-order valence-corrected chi connectivity index (χ1v) is 11.1. The van der Waals surface area contributed by atoms with Crippen LogP contribution in [0.4, 0.5) is 0 Å². The molecule has 2 aromatic carbocycles. The van der Waals surface area contributed by atoms with Gasteiger partial charge in [0, 0.05) is 17.3 Å². The van der Waals surface area contributed by atoms with E-state index in [1.165, 1.54) is 32.4 Å². The highest BCUT2D eigenvalue weighted by Crippen LogP contribution is 2.38. The van der Waals surface area contributed by atoms with Gasteiger partial charge in [-0.25, -0.2) is 17.2 Å². The Bertz CT molecular complexity index is 1270. The molecule has 0 spiro atoms. The fraction of sp³-hybridized carbons (Fsp3) is 0.217. The first kappa shape index (κ1) is 20.1. The lowest BCUT2D eigenvalue weighted by molar-refractivity contribution is 0.0599. The number of fused-ring (bicyclic) bond motifs is 3. The molecule has 3 aromatic rings. The molecule has 0 saturated heterocycles. The second-order valence-corrected chi connectivity index (χ2v) is 9.07. The van der Waals surface area contributed by atoms with Crippen LogP contribution in [-0.4, -0.2) is 31.3 Å². The summed E-state index contributed by atoms with van der Waals surface area (Å²) in [5.74, 6) is -0.795. The number of benzene rings is 2. The third kappa shape index (κ3) is 3.25. The molecular formula is C23H21NO5S. The molecule has 154 valence electrons. The lowest BCUT2D eigenvalue weighted by Gasteiger charge is -2.14. The first-order chi connectivity index (χ1) is 14.3. The summed E-state index contributed by atoms with van der Waals surface area (Å²) in [6.45, 7) is 1.39. The van der Waals surface area contributed by atoms with Gasteiger partial charge in [-0.2, -0.15) is 0 Å². The molecule has 0 N–H and O–H groups in total. The van der Waals surface area contributed by atoms with Crippen molar-refractivity contribution in [3.8, 4) is 11.3 Å². The van der Waals surface area contributed by atoms with E-state index < -0.39 is 16.0 Å². The maximum atomic E-state index is 13.6. The highest BCUT2D eigenvalue weighted by Gasteiger charge is 2.31.